The number of carbonyl (C=O) groups excluding carboxylic acids is 1. The predicted octanol–water partition coefficient (Wildman–Crippen LogP) is 8.17. The van der Waals surface area contributed by atoms with Crippen LogP contribution >= 0.6 is 0 Å². The molecule has 1 amide bonds. The Kier molecular flexibility index (Phi) is 9.13. The van der Waals surface area contributed by atoms with E-state index < -0.39 is 12.7 Å². The summed E-state index contributed by atoms with van der Waals surface area (Å²) in [7, 11) is 1.68. The van der Waals surface area contributed by atoms with Gasteiger partial charge in [0, 0.05) is 28.9 Å². The number of rotatable bonds is 8. The number of aryl methyl sites for hydroxylation is 1. The highest BCUT2D eigenvalue weighted by atomic mass is 19.4. The summed E-state index contributed by atoms with van der Waals surface area (Å²) in [6, 6.07) is 9.60. The number of hydrogen-bond acceptors (Lipinski definition) is 4. The Bertz CT molecular complexity index is 1390. The van der Waals surface area contributed by atoms with Gasteiger partial charge >= 0.3 is 6.18 Å². The molecule has 2 aliphatic carbocycles. The highest BCUT2D eigenvalue weighted by Crippen LogP contribution is 2.43. The van der Waals surface area contributed by atoms with Crippen molar-refractivity contribution in [2.75, 3.05) is 12.4 Å². The number of aromatic hydroxyl groups is 1. The molecule has 42 heavy (non-hydrogen) atoms. The first-order valence-electron chi connectivity index (χ1n) is 15.0. The molecule has 6 nitrogen and oxygen atoms in total. The third-order valence-electron chi connectivity index (χ3n) is 9.02. The van der Waals surface area contributed by atoms with Crippen molar-refractivity contribution in [1.82, 2.24) is 9.78 Å². The van der Waals surface area contributed by atoms with Crippen LogP contribution in [-0.2, 0) is 17.8 Å². The number of nitrogens with one attached hydrogen (secondary N) is 1. The van der Waals surface area contributed by atoms with Crippen LogP contribution in [0.5, 0.6) is 11.5 Å². The predicted molar refractivity (Wildman–Crippen MR) is 157 cm³/mol. The zero-order valence-electron chi connectivity index (χ0n) is 24.3. The second-order valence-corrected chi connectivity index (χ2v) is 12.0. The fourth-order valence-electron chi connectivity index (χ4n) is 6.79. The van der Waals surface area contributed by atoms with Crippen LogP contribution in [-0.4, -0.2) is 34.1 Å². The van der Waals surface area contributed by atoms with Gasteiger partial charge in [0.15, 0.2) is 0 Å². The largest absolute Gasteiger partial charge is 0.507 e. The Hall–Kier alpha value is -3.49. The summed E-state index contributed by atoms with van der Waals surface area (Å²) >= 11 is 0. The quantitative estimate of drug-likeness (QED) is 0.262. The van der Waals surface area contributed by atoms with Crippen LogP contribution in [0, 0.1) is 18.8 Å². The van der Waals surface area contributed by atoms with Crippen LogP contribution in [0.25, 0.3) is 11.1 Å². The van der Waals surface area contributed by atoms with Gasteiger partial charge in [-0.15, -0.1) is 0 Å². The molecule has 9 heteroatoms. The Balaban J connectivity index is 1.40. The first kappa shape index (κ1) is 30.0. The lowest BCUT2D eigenvalue weighted by molar-refractivity contribution is -0.142. The van der Waals surface area contributed by atoms with Crippen LogP contribution < -0.4 is 10.1 Å². The number of amides is 1. The zero-order chi connectivity index (χ0) is 29.9. The Morgan fingerprint density at radius 3 is 2.48 bits per heavy atom. The Labute approximate surface area is 245 Å². The minimum Gasteiger partial charge on any atom is -0.507 e. The van der Waals surface area contributed by atoms with Gasteiger partial charge in [0.1, 0.15) is 18.0 Å². The van der Waals surface area contributed by atoms with E-state index in [4.69, 9.17) is 4.74 Å². The third-order valence-corrected chi connectivity index (χ3v) is 9.02. The number of phenols is 1. The van der Waals surface area contributed by atoms with E-state index in [1.54, 1.807) is 13.2 Å². The fraction of sp³-hybridized carbons (Fsp3) is 0.515. The average Bonchev–Trinajstić information content (AvgIpc) is 3.41. The monoisotopic (exact) mass is 583 g/mol. The van der Waals surface area contributed by atoms with E-state index in [1.807, 2.05) is 6.07 Å². The maximum atomic E-state index is 13.3. The third kappa shape index (κ3) is 7.10. The number of methoxy groups -OCH3 is 1. The van der Waals surface area contributed by atoms with Gasteiger partial charge in [-0.05, 0) is 98.6 Å². The lowest BCUT2D eigenvalue weighted by Gasteiger charge is -2.30. The van der Waals surface area contributed by atoms with Crippen molar-refractivity contribution >= 4 is 11.6 Å². The van der Waals surface area contributed by atoms with E-state index in [-0.39, 0.29) is 17.6 Å². The molecule has 0 aliphatic heterocycles. The van der Waals surface area contributed by atoms with Crippen molar-refractivity contribution < 1.29 is 27.8 Å². The topological polar surface area (TPSA) is 76.4 Å². The first-order valence-corrected chi connectivity index (χ1v) is 15.0. The molecule has 226 valence electrons. The summed E-state index contributed by atoms with van der Waals surface area (Å²) in [6.07, 6.45) is 7.73. The van der Waals surface area contributed by atoms with Crippen LogP contribution in [0.3, 0.4) is 0 Å². The Morgan fingerprint density at radius 2 is 1.81 bits per heavy atom. The highest BCUT2D eigenvalue weighted by molar-refractivity contribution is 5.95. The second-order valence-electron chi connectivity index (χ2n) is 12.0. The minimum absolute atomic E-state index is 0.0288. The maximum absolute atomic E-state index is 13.3. The summed E-state index contributed by atoms with van der Waals surface area (Å²) in [4.78, 5) is 13.3. The molecule has 0 spiro atoms. The van der Waals surface area contributed by atoms with Crippen molar-refractivity contribution in [3.8, 4) is 22.6 Å². The summed E-state index contributed by atoms with van der Waals surface area (Å²) in [6.45, 7) is 0.841. The number of nitrogens with zero attached hydrogens (tertiary/aromatic N) is 2. The number of ether oxygens (including phenoxy) is 1. The lowest BCUT2D eigenvalue weighted by atomic mass is 9.75. The van der Waals surface area contributed by atoms with Gasteiger partial charge < -0.3 is 15.2 Å². The van der Waals surface area contributed by atoms with E-state index in [0.717, 1.165) is 79.3 Å². The number of alkyl halides is 3. The number of benzene rings is 2. The molecule has 5 rings (SSSR count). The molecule has 0 atom stereocenters. The van der Waals surface area contributed by atoms with E-state index >= 15 is 0 Å². The van der Waals surface area contributed by atoms with Gasteiger partial charge in [0.2, 0.25) is 5.91 Å². The minimum atomic E-state index is -4.41. The van der Waals surface area contributed by atoms with Crippen molar-refractivity contribution in [2.45, 2.75) is 89.8 Å². The number of halogens is 3. The van der Waals surface area contributed by atoms with Crippen molar-refractivity contribution in [1.29, 1.82) is 0 Å². The number of anilines is 1. The first-order chi connectivity index (χ1) is 20.1. The molecule has 1 aromatic heterocycles. The molecule has 2 N–H and O–H groups in total. The number of phenolic OH excluding ortho intramolecular Hbond substituents is 1. The number of carbonyl (C=O) groups is 1. The smallest absolute Gasteiger partial charge is 0.408 e. The molecule has 2 fully saturated rings. The maximum Gasteiger partial charge on any atom is 0.408 e. The van der Waals surface area contributed by atoms with Gasteiger partial charge in [0.05, 0.1) is 13.3 Å². The molecule has 2 aliphatic rings. The molecular weight excluding hydrogens is 543 g/mol. The average molecular weight is 584 g/mol. The zero-order valence-corrected chi connectivity index (χ0v) is 24.3. The van der Waals surface area contributed by atoms with Crippen molar-refractivity contribution in [2.24, 2.45) is 11.8 Å². The molecule has 2 saturated carbocycles. The van der Waals surface area contributed by atoms with Crippen LogP contribution in [0.1, 0.15) is 80.4 Å². The van der Waals surface area contributed by atoms with Crippen LogP contribution in [0.2, 0.25) is 0 Å². The summed E-state index contributed by atoms with van der Waals surface area (Å²) < 4.78 is 45.4. The fourth-order valence-corrected chi connectivity index (χ4v) is 6.79. The van der Waals surface area contributed by atoms with Crippen LogP contribution in [0.15, 0.2) is 42.7 Å². The number of aromatic nitrogens is 2. The molecule has 0 bridgehead atoms. The number of hydrogen-bond donors (Lipinski definition) is 2. The van der Waals surface area contributed by atoms with E-state index in [0.29, 0.717) is 35.1 Å². The summed E-state index contributed by atoms with van der Waals surface area (Å²) in [5, 5.41) is 18.1. The van der Waals surface area contributed by atoms with Gasteiger partial charge in [-0.1, -0.05) is 31.4 Å². The van der Waals surface area contributed by atoms with Crippen molar-refractivity contribution in [3.63, 3.8) is 0 Å². The van der Waals surface area contributed by atoms with Gasteiger partial charge in [-0.3, -0.25) is 9.48 Å². The SMILES string of the molecule is COc1ccc(C2CCC(Cc3c(NC(=O)C4CCCCC4)ccc(O)c3-c3cnn(CC(F)(F)F)c3)CC2)cc1C. The summed E-state index contributed by atoms with van der Waals surface area (Å²) in [5.74, 6) is 1.51. The van der Waals surface area contributed by atoms with E-state index in [2.05, 4.69) is 29.5 Å². The molecule has 0 unspecified atom stereocenters. The molecule has 0 radical (unpaired) electrons. The standard InChI is InChI=1S/C33H40F3N3O3/c1-21-16-25(12-15-30(21)42-2)23-10-8-22(9-11-23)17-27-28(38-32(41)24-6-4-3-5-7-24)13-14-29(40)31(27)26-18-37-39(19-26)20-33(34,35)36/h12-16,18-19,22-24,40H,3-11,17,20H2,1-2H3,(H,38,41). The normalized spacial score (nSPS) is 19.9. The molecule has 3 aromatic rings. The molecule has 1 heterocycles. The van der Waals surface area contributed by atoms with E-state index in [9.17, 15) is 23.1 Å². The van der Waals surface area contributed by atoms with E-state index in [1.165, 1.54) is 24.0 Å². The molecular formula is C33H40F3N3O3. The van der Waals surface area contributed by atoms with Gasteiger partial charge in [-0.2, -0.15) is 18.3 Å². The van der Waals surface area contributed by atoms with Crippen molar-refractivity contribution in [3.05, 3.63) is 59.4 Å². The van der Waals surface area contributed by atoms with Gasteiger partial charge in [-0.25, -0.2) is 0 Å². The highest BCUT2D eigenvalue weighted by Gasteiger charge is 2.30. The molecule has 0 saturated heterocycles. The molecule has 2 aromatic carbocycles. The van der Waals surface area contributed by atoms with Gasteiger partial charge in [0.25, 0.3) is 0 Å². The lowest BCUT2D eigenvalue weighted by Crippen LogP contribution is -2.25. The Morgan fingerprint density at radius 1 is 1.07 bits per heavy atom. The van der Waals surface area contributed by atoms with Crippen LogP contribution in [0.4, 0.5) is 18.9 Å². The summed E-state index contributed by atoms with van der Waals surface area (Å²) in [5.41, 5.74) is 4.65. The second kappa shape index (κ2) is 12.8.